The normalized spacial score (nSPS) is 16.1. The number of piperazine rings is 1. The molecular weight excluding hydrogens is 460 g/mol. The number of nitrogens with one attached hydrogen (secondary N) is 2. The molecule has 180 valence electrons. The van der Waals surface area contributed by atoms with E-state index in [-0.39, 0.29) is 5.92 Å². The van der Waals surface area contributed by atoms with Crippen LogP contribution in [0.5, 0.6) is 0 Å². The quantitative estimate of drug-likeness (QED) is 0.413. The molecule has 2 aliphatic rings. The van der Waals surface area contributed by atoms with E-state index in [2.05, 4.69) is 31.4 Å². The first kappa shape index (κ1) is 23.3. The monoisotopic (exact) mass is 488 g/mol. The van der Waals surface area contributed by atoms with Crippen LogP contribution in [0.3, 0.4) is 0 Å². The van der Waals surface area contributed by atoms with Crippen LogP contribution in [-0.2, 0) is 11.2 Å². The van der Waals surface area contributed by atoms with Crippen LogP contribution in [0.4, 0.5) is 17.5 Å². The number of rotatable bonds is 10. The van der Waals surface area contributed by atoms with E-state index in [0.717, 1.165) is 67.7 Å². The summed E-state index contributed by atoms with van der Waals surface area (Å²) in [6.07, 6.45) is 4.85. The number of aromatic nitrogens is 4. The third kappa shape index (κ3) is 6.38. The van der Waals surface area contributed by atoms with Gasteiger partial charge in [-0.3, -0.25) is 14.8 Å². The summed E-state index contributed by atoms with van der Waals surface area (Å²) in [5, 5.41) is 19.7. The highest BCUT2D eigenvalue weighted by molar-refractivity contribution is 7.99. The summed E-state index contributed by atoms with van der Waals surface area (Å²) in [6, 6.07) is 14.2. The van der Waals surface area contributed by atoms with Gasteiger partial charge >= 0.3 is 0 Å². The summed E-state index contributed by atoms with van der Waals surface area (Å²) in [4.78, 5) is 27.3. The van der Waals surface area contributed by atoms with Crippen molar-refractivity contribution in [3.8, 4) is 6.07 Å². The number of hydrogen-bond donors (Lipinski definition) is 2. The van der Waals surface area contributed by atoms with Crippen molar-refractivity contribution in [2.45, 2.75) is 35.7 Å². The van der Waals surface area contributed by atoms with Gasteiger partial charge in [0.1, 0.15) is 23.2 Å². The standard InChI is InChI=1S/C25H28N8OS/c26-9-1-11-32-12-14-33(15-13-32)24-17-23(28-22-8-10-27-31-22)29-25(30-24)35-20-6-2-18(3-7-20)16-21(34)19-4-5-19/h2-3,6-8,10,17,19H,1,4-5,11-16H2,(H2,27,28,29,30,31). The molecule has 0 radical (unpaired) electrons. The van der Waals surface area contributed by atoms with Gasteiger partial charge < -0.3 is 10.2 Å². The highest BCUT2D eigenvalue weighted by Crippen LogP contribution is 2.32. The Labute approximate surface area is 208 Å². The summed E-state index contributed by atoms with van der Waals surface area (Å²) in [6.45, 7) is 4.31. The van der Waals surface area contributed by atoms with Crippen LogP contribution in [0.1, 0.15) is 24.8 Å². The molecule has 0 unspecified atom stereocenters. The lowest BCUT2D eigenvalue weighted by Crippen LogP contribution is -2.46. The van der Waals surface area contributed by atoms with Gasteiger partial charge in [-0.05, 0) is 42.3 Å². The van der Waals surface area contributed by atoms with Gasteiger partial charge in [-0.25, -0.2) is 9.97 Å². The molecule has 2 N–H and O–H groups in total. The van der Waals surface area contributed by atoms with Gasteiger partial charge in [0.25, 0.3) is 0 Å². The molecule has 0 spiro atoms. The Kier molecular flexibility index (Phi) is 7.25. The smallest absolute Gasteiger partial charge is 0.196 e. The molecule has 1 saturated carbocycles. The van der Waals surface area contributed by atoms with E-state index < -0.39 is 0 Å². The number of anilines is 3. The predicted octanol–water partition coefficient (Wildman–Crippen LogP) is 3.65. The number of aromatic amines is 1. The Hall–Kier alpha value is -3.42. The maximum absolute atomic E-state index is 12.1. The molecule has 1 aliphatic carbocycles. The minimum Gasteiger partial charge on any atom is -0.354 e. The van der Waals surface area contributed by atoms with Gasteiger partial charge in [-0.2, -0.15) is 10.4 Å². The first-order valence-corrected chi connectivity index (χ1v) is 12.8. The van der Waals surface area contributed by atoms with E-state index in [1.165, 1.54) is 11.8 Å². The fourth-order valence-corrected chi connectivity index (χ4v) is 4.85. The van der Waals surface area contributed by atoms with E-state index in [0.29, 0.717) is 29.6 Å². The van der Waals surface area contributed by atoms with Crippen LogP contribution in [0.25, 0.3) is 0 Å². The number of Topliss-reactive ketones (excluding diaryl/α,β-unsaturated/α-hetero) is 1. The number of carbonyl (C=O) groups excluding carboxylic acids is 1. The van der Waals surface area contributed by atoms with Gasteiger partial charge in [-0.15, -0.1) is 0 Å². The van der Waals surface area contributed by atoms with Gasteiger partial charge in [0.2, 0.25) is 0 Å². The summed E-state index contributed by atoms with van der Waals surface area (Å²) >= 11 is 1.50. The fraction of sp³-hybridized carbons (Fsp3) is 0.400. The zero-order valence-corrected chi connectivity index (χ0v) is 20.3. The van der Waals surface area contributed by atoms with Crippen molar-refractivity contribution in [1.29, 1.82) is 5.26 Å². The van der Waals surface area contributed by atoms with Crippen LogP contribution in [0.2, 0.25) is 0 Å². The molecular formula is C25H28N8OS. The molecule has 10 heteroatoms. The first-order valence-electron chi connectivity index (χ1n) is 12.0. The molecule has 0 amide bonds. The van der Waals surface area contributed by atoms with Crippen molar-refractivity contribution in [3.63, 3.8) is 0 Å². The highest BCUT2D eigenvalue weighted by atomic mass is 32.2. The number of carbonyl (C=O) groups is 1. The zero-order chi connectivity index (χ0) is 24.0. The number of nitrogens with zero attached hydrogens (tertiary/aromatic N) is 6. The van der Waals surface area contributed by atoms with Crippen molar-refractivity contribution < 1.29 is 4.79 Å². The molecule has 0 atom stereocenters. The second-order valence-corrected chi connectivity index (χ2v) is 9.93. The van der Waals surface area contributed by atoms with Gasteiger partial charge in [0.05, 0.1) is 12.3 Å². The maximum atomic E-state index is 12.1. The number of H-pyrrole nitrogens is 1. The largest absolute Gasteiger partial charge is 0.354 e. The van der Waals surface area contributed by atoms with Gasteiger partial charge in [-0.1, -0.05) is 12.1 Å². The summed E-state index contributed by atoms with van der Waals surface area (Å²) in [5.74, 6) is 2.96. The number of ketones is 1. The molecule has 3 aromatic rings. The third-order valence-corrected chi connectivity index (χ3v) is 7.11. The fourth-order valence-electron chi connectivity index (χ4n) is 4.09. The van der Waals surface area contributed by atoms with Crippen molar-refractivity contribution in [1.82, 2.24) is 25.1 Å². The topological polar surface area (TPSA) is 114 Å². The van der Waals surface area contributed by atoms with Crippen LogP contribution < -0.4 is 10.2 Å². The highest BCUT2D eigenvalue weighted by Gasteiger charge is 2.29. The van der Waals surface area contributed by atoms with Crippen LogP contribution in [-0.4, -0.2) is 63.6 Å². The Bertz CT molecular complexity index is 1180. The average Bonchev–Trinajstić information content (AvgIpc) is 3.61. The zero-order valence-electron chi connectivity index (χ0n) is 19.5. The average molecular weight is 489 g/mol. The summed E-state index contributed by atoms with van der Waals surface area (Å²) < 4.78 is 0. The maximum Gasteiger partial charge on any atom is 0.196 e. The third-order valence-electron chi connectivity index (χ3n) is 6.24. The van der Waals surface area contributed by atoms with Crippen LogP contribution in [0, 0.1) is 17.2 Å². The van der Waals surface area contributed by atoms with Crippen molar-refractivity contribution in [3.05, 3.63) is 48.2 Å². The molecule has 3 heterocycles. The van der Waals surface area contributed by atoms with Crippen LogP contribution >= 0.6 is 11.8 Å². The Morgan fingerprint density at radius 3 is 2.63 bits per heavy atom. The van der Waals surface area contributed by atoms with E-state index in [4.69, 9.17) is 15.2 Å². The minimum atomic E-state index is 0.286. The lowest BCUT2D eigenvalue weighted by molar-refractivity contribution is -0.119. The van der Waals surface area contributed by atoms with Crippen molar-refractivity contribution in [2.75, 3.05) is 42.9 Å². The second kappa shape index (κ2) is 10.9. The minimum absolute atomic E-state index is 0.286. The van der Waals surface area contributed by atoms with Crippen LogP contribution in [0.15, 0.2) is 52.6 Å². The molecule has 2 aromatic heterocycles. The van der Waals surface area contributed by atoms with E-state index >= 15 is 0 Å². The molecule has 2 fully saturated rings. The summed E-state index contributed by atoms with van der Waals surface area (Å²) in [7, 11) is 0. The number of nitriles is 1. The molecule has 5 rings (SSSR count). The van der Waals surface area contributed by atoms with Gasteiger partial charge in [0, 0.05) is 68.5 Å². The molecule has 1 aliphatic heterocycles. The Balaban J connectivity index is 1.30. The molecule has 1 aromatic carbocycles. The van der Waals surface area contributed by atoms with E-state index in [1.54, 1.807) is 6.20 Å². The SMILES string of the molecule is N#CCCN1CCN(c2cc(Nc3ccn[nH]3)nc(Sc3ccc(CC(=O)C4CC4)cc3)n2)CC1. The number of hydrogen-bond acceptors (Lipinski definition) is 9. The van der Waals surface area contributed by atoms with E-state index in [9.17, 15) is 4.79 Å². The van der Waals surface area contributed by atoms with Crippen molar-refractivity contribution >= 4 is 35.0 Å². The lowest BCUT2D eigenvalue weighted by Gasteiger charge is -2.35. The molecule has 35 heavy (non-hydrogen) atoms. The lowest BCUT2D eigenvalue weighted by atomic mass is 10.1. The summed E-state index contributed by atoms with van der Waals surface area (Å²) in [5.41, 5.74) is 1.05. The first-order chi connectivity index (χ1) is 17.2. The Morgan fingerprint density at radius 1 is 1.14 bits per heavy atom. The predicted molar refractivity (Wildman–Crippen MR) is 135 cm³/mol. The van der Waals surface area contributed by atoms with Gasteiger partial charge in [0.15, 0.2) is 5.16 Å². The number of benzene rings is 1. The molecule has 9 nitrogen and oxygen atoms in total. The second-order valence-electron chi connectivity index (χ2n) is 8.89. The molecule has 0 bridgehead atoms. The van der Waals surface area contributed by atoms with Crippen molar-refractivity contribution in [2.24, 2.45) is 5.92 Å². The van der Waals surface area contributed by atoms with E-state index in [1.807, 2.05) is 36.4 Å². The molecule has 1 saturated heterocycles. The Morgan fingerprint density at radius 2 is 1.94 bits per heavy atom.